The number of hydrogen-bond acceptors (Lipinski definition) is 5. The fourth-order valence-electron chi connectivity index (χ4n) is 1.80. The van der Waals surface area contributed by atoms with Crippen molar-refractivity contribution in [2.24, 2.45) is 0 Å². The molecule has 2 aromatic heterocycles. The first-order valence-corrected chi connectivity index (χ1v) is 6.77. The molecule has 4 nitrogen and oxygen atoms in total. The van der Waals surface area contributed by atoms with Gasteiger partial charge in [-0.15, -0.1) is 0 Å². The van der Waals surface area contributed by atoms with Crippen molar-refractivity contribution in [3.8, 4) is 0 Å². The van der Waals surface area contributed by atoms with Gasteiger partial charge in [-0.25, -0.2) is 0 Å². The van der Waals surface area contributed by atoms with Crippen LogP contribution in [0.2, 0.25) is 0 Å². The molecule has 0 spiro atoms. The summed E-state index contributed by atoms with van der Waals surface area (Å²) in [6, 6.07) is 5.82. The minimum atomic E-state index is -0.724. The van der Waals surface area contributed by atoms with E-state index in [2.05, 4.69) is 16.3 Å². The summed E-state index contributed by atoms with van der Waals surface area (Å²) in [5.41, 5.74) is 1.21. The Morgan fingerprint density at radius 3 is 2.83 bits per heavy atom. The fraction of sp³-hybridized carbons (Fsp3) is 0.385. The summed E-state index contributed by atoms with van der Waals surface area (Å²) in [6.07, 6.45) is 0.916. The maximum Gasteiger partial charge on any atom is 0.117 e. The second-order valence-corrected chi connectivity index (χ2v) is 5.00. The number of aliphatic hydroxyl groups is 2. The minimum absolute atomic E-state index is 0.224. The van der Waals surface area contributed by atoms with E-state index in [1.165, 1.54) is 5.56 Å². The summed E-state index contributed by atoms with van der Waals surface area (Å²) < 4.78 is 5.32. The molecular formula is C13H17NO3S. The van der Waals surface area contributed by atoms with Crippen molar-refractivity contribution in [2.75, 3.05) is 13.2 Å². The van der Waals surface area contributed by atoms with E-state index in [4.69, 9.17) is 9.52 Å². The SMILES string of the molecule is OC[C@H](O)CN(Cc1ccsc1)Cc1ccco1. The van der Waals surface area contributed by atoms with Gasteiger partial charge in [0.25, 0.3) is 0 Å². The van der Waals surface area contributed by atoms with Crippen LogP contribution < -0.4 is 0 Å². The normalized spacial score (nSPS) is 13.1. The fourth-order valence-corrected chi connectivity index (χ4v) is 2.46. The number of aliphatic hydroxyl groups excluding tert-OH is 2. The van der Waals surface area contributed by atoms with Crippen molar-refractivity contribution < 1.29 is 14.6 Å². The van der Waals surface area contributed by atoms with Crippen molar-refractivity contribution >= 4 is 11.3 Å². The third kappa shape index (κ3) is 3.96. The summed E-state index contributed by atoms with van der Waals surface area (Å²) in [5.74, 6) is 0.857. The van der Waals surface area contributed by atoms with Crippen molar-refractivity contribution in [3.05, 3.63) is 46.5 Å². The average Bonchev–Trinajstić information content (AvgIpc) is 3.02. The predicted molar refractivity (Wildman–Crippen MR) is 70.2 cm³/mol. The summed E-state index contributed by atoms with van der Waals surface area (Å²) in [6.45, 7) is 1.56. The molecule has 18 heavy (non-hydrogen) atoms. The van der Waals surface area contributed by atoms with E-state index in [-0.39, 0.29) is 6.61 Å². The molecule has 0 saturated heterocycles. The van der Waals surface area contributed by atoms with E-state index in [0.717, 1.165) is 12.3 Å². The first kappa shape index (κ1) is 13.3. The van der Waals surface area contributed by atoms with Gasteiger partial charge >= 0.3 is 0 Å². The van der Waals surface area contributed by atoms with Crippen LogP contribution in [0.4, 0.5) is 0 Å². The van der Waals surface area contributed by atoms with Crippen LogP contribution in [0.25, 0.3) is 0 Å². The molecule has 2 heterocycles. The maximum atomic E-state index is 9.57. The topological polar surface area (TPSA) is 56.8 Å². The highest BCUT2D eigenvalue weighted by atomic mass is 32.1. The zero-order chi connectivity index (χ0) is 12.8. The minimum Gasteiger partial charge on any atom is -0.468 e. The molecule has 0 saturated carbocycles. The Morgan fingerprint density at radius 2 is 2.22 bits per heavy atom. The van der Waals surface area contributed by atoms with E-state index >= 15 is 0 Å². The van der Waals surface area contributed by atoms with E-state index in [1.54, 1.807) is 17.6 Å². The Kier molecular flexibility index (Phi) is 4.95. The maximum absolute atomic E-state index is 9.57. The Hall–Kier alpha value is -1.14. The van der Waals surface area contributed by atoms with Crippen molar-refractivity contribution in [3.63, 3.8) is 0 Å². The molecule has 0 unspecified atom stereocenters. The zero-order valence-electron chi connectivity index (χ0n) is 10.0. The molecule has 2 aromatic rings. The monoisotopic (exact) mass is 267 g/mol. The van der Waals surface area contributed by atoms with Gasteiger partial charge in [0.05, 0.1) is 25.5 Å². The smallest absolute Gasteiger partial charge is 0.117 e. The third-order valence-electron chi connectivity index (χ3n) is 2.63. The molecule has 2 N–H and O–H groups in total. The standard InChI is InChI=1S/C13H17NO3S/c15-9-12(16)7-14(6-11-3-5-18-10-11)8-13-2-1-4-17-13/h1-5,10,12,15-16H,6-9H2/t12-/m1/s1. The highest BCUT2D eigenvalue weighted by Crippen LogP contribution is 2.13. The molecule has 5 heteroatoms. The third-order valence-corrected chi connectivity index (χ3v) is 3.36. The van der Waals surface area contributed by atoms with Crippen LogP contribution in [0.15, 0.2) is 39.6 Å². The summed E-state index contributed by atoms with van der Waals surface area (Å²) >= 11 is 1.65. The van der Waals surface area contributed by atoms with Gasteiger partial charge in [-0.05, 0) is 34.5 Å². The van der Waals surface area contributed by atoms with Gasteiger partial charge in [-0.2, -0.15) is 11.3 Å². The molecule has 2 rings (SSSR count). The molecule has 0 bridgehead atoms. The van der Waals surface area contributed by atoms with Crippen LogP contribution >= 0.6 is 11.3 Å². The molecule has 0 aromatic carbocycles. The van der Waals surface area contributed by atoms with Gasteiger partial charge in [-0.1, -0.05) is 0 Å². The molecule has 0 radical (unpaired) electrons. The number of thiophene rings is 1. The lowest BCUT2D eigenvalue weighted by Gasteiger charge is -2.22. The summed E-state index contributed by atoms with van der Waals surface area (Å²) in [7, 11) is 0. The highest BCUT2D eigenvalue weighted by Gasteiger charge is 2.13. The first-order valence-electron chi connectivity index (χ1n) is 5.82. The van der Waals surface area contributed by atoms with Crippen LogP contribution in [0, 0.1) is 0 Å². The Labute approximate surface area is 110 Å². The lowest BCUT2D eigenvalue weighted by atomic mass is 10.2. The van der Waals surface area contributed by atoms with E-state index in [1.807, 2.05) is 17.5 Å². The van der Waals surface area contributed by atoms with Crippen LogP contribution in [0.1, 0.15) is 11.3 Å². The number of furan rings is 1. The van der Waals surface area contributed by atoms with Crippen molar-refractivity contribution in [2.45, 2.75) is 19.2 Å². The largest absolute Gasteiger partial charge is 0.468 e. The Morgan fingerprint density at radius 1 is 1.33 bits per heavy atom. The van der Waals surface area contributed by atoms with Gasteiger partial charge < -0.3 is 14.6 Å². The molecule has 0 amide bonds. The second-order valence-electron chi connectivity index (χ2n) is 4.22. The Balaban J connectivity index is 1.97. The van der Waals surface area contributed by atoms with Gasteiger partial charge in [-0.3, -0.25) is 4.90 Å². The lowest BCUT2D eigenvalue weighted by Crippen LogP contribution is -2.33. The van der Waals surface area contributed by atoms with E-state index < -0.39 is 6.10 Å². The predicted octanol–water partition coefficient (Wildman–Crippen LogP) is 1.70. The molecule has 0 aliphatic rings. The van der Waals surface area contributed by atoms with Gasteiger partial charge in [0.1, 0.15) is 5.76 Å². The van der Waals surface area contributed by atoms with E-state index in [9.17, 15) is 5.11 Å². The van der Waals surface area contributed by atoms with Gasteiger partial charge in [0.15, 0.2) is 0 Å². The molecule has 1 atom stereocenters. The lowest BCUT2D eigenvalue weighted by molar-refractivity contribution is 0.0521. The first-order chi connectivity index (χ1) is 8.78. The molecular weight excluding hydrogens is 250 g/mol. The average molecular weight is 267 g/mol. The van der Waals surface area contributed by atoms with Crippen molar-refractivity contribution in [1.29, 1.82) is 0 Å². The van der Waals surface area contributed by atoms with Crippen LogP contribution in [-0.2, 0) is 13.1 Å². The summed E-state index contributed by atoms with van der Waals surface area (Å²) in [4.78, 5) is 2.06. The zero-order valence-corrected chi connectivity index (χ0v) is 10.8. The molecule has 0 fully saturated rings. The number of rotatable bonds is 7. The van der Waals surface area contributed by atoms with Gasteiger partial charge in [0, 0.05) is 13.1 Å². The molecule has 98 valence electrons. The second kappa shape index (κ2) is 6.70. The van der Waals surface area contributed by atoms with Crippen molar-refractivity contribution in [1.82, 2.24) is 4.90 Å². The highest BCUT2D eigenvalue weighted by molar-refractivity contribution is 7.07. The number of nitrogens with zero attached hydrogens (tertiary/aromatic N) is 1. The van der Waals surface area contributed by atoms with Crippen LogP contribution in [0.5, 0.6) is 0 Å². The summed E-state index contributed by atoms with van der Waals surface area (Å²) in [5, 5.41) is 22.6. The quantitative estimate of drug-likeness (QED) is 0.801. The molecule has 0 aliphatic heterocycles. The Bertz CT molecular complexity index is 391. The van der Waals surface area contributed by atoms with Crippen LogP contribution in [0.3, 0.4) is 0 Å². The van der Waals surface area contributed by atoms with E-state index in [0.29, 0.717) is 13.1 Å². The van der Waals surface area contributed by atoms with Gasteiger partial charge in [0.2, 0.25) is 0 Å². The van der Waals surface area contributed by atoms with Crippen LogP contribution in [-0.4, -0.2) is 34.4 Å². The number of hydrogen-bond donors (Lipinski definition) is 2. The molecule has 0 aliphatic carbocycles.